The lowest BCUT2D eigenvalue weighted by molar-refractivity contribution is -0.0267. The number of hydrogen-bond acceptors (Lipinski definition) is 4. The molecule has 28 heavy (non-hydrogen) atoms. The van der Waals surface area contributed by atoms with Crippen LogP contribution in [0.2, 0.25) is 0 Å². The van der Waals surface area contributed by atoms with Gasteiger partial charge in [0.2, 0.25) is 0 Å². The van der Waals surface area contributed by atoms with Crippen molar-refractivity contribution in [3.8, 4) is 0 Å². The number of aromatic nitrogens is 3. The standard InChI is InChI=1S/C21H25F2N5/c1-4-14-6-7-16-19(27(3)13-25-16)9-17(14)26-18-10-24-20(8-15(18)5-2)28-11-21(22,23)12-28/h7-10,13-14H,4-6,11-12H2,1-3H3. The van der Waals surface area contributed by atoms with Crippen molar-refractivity contribution in [2.24, 2.45) is 18.0 Å². The highest BCUT2D eigenvalue weighted by Gasteiger charge is 2.44. The number of pyridine rings is 1. The molecule has 1 saturated heterocycles. The van der Waals surface area contributed by atoms with Crippen LogP contribution in [0.1, 0.15) is 32.3 Å². The molecule has 1 aliphatic heterocycles. The molecule has 1 unspecified atom stereocenters. The first kappa shape index (κ1) is 18.8. The monoisotopic (exact) mass is 385 g/mol. The lowest BCUT2D eigenvalue weighted by atomic mass is 9.96. The molecule has 1 aliphatic carbocycles. The number of aliphatic imine (C=N–C) groups is 1. The van der Waals surface area contributed by atoms with Gasteiger partial charge in [-0.3, -0.25) is 4.99 Å². The van der Waals surface area contributed by atoms with Crippen molar-refractivity contribution in [3.05, 3.63) is 34.9 Å². The van der Waals surface area contributed by atoms with Gasteiger partial charge in [0.05, 0.1) is 42.0 Å². The Bertz CT molecular complexity index is 1030. The average molecular weight is 385 g/mol. The zero-order valence-electron chi connectivity index (χ0n) is 16.5. The van der Waals surface area contributed by atoms with E-state index >= 15 is 0 Å². The van der Waals surface area contributed by atoms with Gasteiger partial charge < -0.3 is 9.47 Å². The summed E-state index contributed by atoms with van der Waals surface area (Å²) in [6.45, 7) is 3.69. The maximum atomic E-state index is 13.2. The van der Waals surface area contributed by atoms with Crippen molar-refractivity contribution in [3.63, 3.8) is 0 Å². The molecule has 0 saturated carbocycles. The lowest BCUT2D eigenvalue weighted by Gasteiger charge is -2.39. The van der Waals surface area contributed by atoms with Crippen LogP contribution in [0, 0.1) is 5.92 Å². The molecule has 2 aromatic heterocycles. The predicted octanol–water partition coefficient (Wildman–Crippen LogP) is 2.60. The molecule has 0 radical (unpaired) electrons. The number of hydrogen-bond donors (Lipinski definition) is 0. The topological polar surface area (TPSA) is 46.3 Å². The van der Waals surface area contributed by atoms with Crippen LogP contribution >= 0.6 is 0 Å². The highest BCUT2D eigenvalue weighted by atomic mass is 19.3. The molecular formula is C21H25F2N5. The summed E-state index contributed by atoms with van der Waals surface area (Å²) in [5.74, 6) is -1.69. The van der Waals surface area contributed by atoms with Gasteiger partial charge >= 0.3 is 0 Å². The fraction of sp³-hybridized carbons (Fsp3) is 0.476. The van der Waals surface area contributed by atoms with Crippen molar-refractivity contribution in [1.82, 2.24) is 14.5 Å². The summed E-state index contributed by atoms with van der Waals surface area (Å²) in [4.78, 5) is 15.4. The molecule has 7 heteroatoms. The minimum Gasteiger partial charge on any atom is -0.344 e. The Hall–Kier alpha value is -2.57. The van der Waals surface area contributed by atoms with E-state index in [1.54, 1.807) is 11.1 Å². The van der Waals surface area contributed by atoms with E-state index in [0.29, 0.717) is 11.7 Å². The SMILES string of the molecule is CCc1cc(N2CC(F)(F)C2)ncc1N=C1C=c2c(ncn2C)=CCC1CC. The smallest absolute Gasteiger partial charge is 0.282 e. The van der Waals surface area contributed by atoms with Gasteiger partial charge in [0, 0.05) is 18.7 Å². The second-order valence-electron chi connectivity index (χ2n) is 7.59. The molecule has 0 aromatic carbocycles. The maximum Gasteiger partial charge on any atom is 0.282 e. The van der Waals surface area contributed by atoms with E-state index in [4.69, 9.17) is 4.99 Å². The number of halogens is 2. The molecular weight excluding hydrogens is 360 g/mol. The Kier molecular flexibility index (Phi) is 4.77. The van der Waals surface area contributed by atoms with Gasteiger partial charge in [0.1, 0.15) is 5.82 Å². The van der Waals surface area contributed by atoms with Gasteiger partial charge in [0.25, 0.3) is 5.92 Å². The van der Waals surface area contributed by atoms with Crippen LogP contribution in [0.25, 0.3) is 12.2 Å². The van der Waals surface area contributed by atoms with Crippen molar-refractivity contribution < 1.29 is 8.78 Å². The van der Waals surface area contributed by atoms with Gasteiger partial charge in [-0.2, -0.15) is 0 Å². The Balaban J connectivity index is 1.73. The van der Waals surface area contributed by atoms with E-state index in [-0.39, 0.29) is 13.1 Å². The number of imidazole rings is 1. The van der Waals surface area contributed by atoms with Crippen LogP contribution < -0.4 is 15.6 Å². The van der Waals surface area contributed by atoms with Crippen LogP contribution in [0.3, 0.4) is 0 Å². The third kappa shape index (κ3) is 3.45. The zero-order chi connectivity index (χ0) is 19.9. The van der Waals surface area contributed by atoms with Gasteiger partial charge in [0.15, 0.2) is 0 Å². The van der Waals surface area contributed by atoms with Crippen LogP contribution in [0.15, 0.2) is 23.6 Å². The number of anilines is 1. The molecule has 2 aliphatic rings. The predicted molar refractivity (Wildman–Crippen MR) is 108 cm³/mol. The van der Waals surface area contributed by atoms with E-state index in [1.807, 2.05) is 24.0 Å². The normalized spacial score (nSPS) is 22.1. The van der Waals surface area contributed by atoms with Crippen LogP contribution in [-0.4, -0.2) is 39.3 Å². The molecule has 5 nitrogen and oxygen atoms in total. The average Bonchev–Trinajstić information content (AvgIpc) is 2.90. The summed E-state index contributed by atoms with van der Waals surface area (Å²) in [7, 11) is 1.98. The zero-order valence-corrected chi connectivity index (χ0v) is 16.5. The number of alkyl halides is 2. The first-order valence-electron chi connectivity index (χ1n) is 9.79. The van der Waals surface area contributed by atoms with E-state index in [0.717, 1.165) is 46.9 Å². The van der Waals surface area contributed by atoms with E-state index in [9.17, 15) is 8.78 Å². The highest BCUT2D eigenvalue weighted by Crippen LogP contribution is 2.33. The Morgan fingerprint density at radius 3 is 2.71 bits per heavy atom. The van der Waals surface area contributed by atoms with E-state index in [2.05, 4.69) is 36.0 Å². The van der Waals surface area contributed by atoms with Crippen molar-refractivity contribution in [2.45, 2.75) is 39.0 Å². The number of nitrogens with zero attached hydrogens (tertiary/aromatic N) is 5. The molecule has 0 N–H and O–H groups in total. The molecule has 1 fully saturated rings. The van der Waals surface area contributed by atoms with Crippen LogP contribution in [0.5, 0.6) is 0 Å². The molecule has 4 rings (SSSR count). The van der Waals surface area contributed by atoms with Crippen molar-refractivity contribution in [1.29, 1.82) is 0 Å². The first-order chi connectivity index (χ1) is 13.4. The first-order valence-corrected chi connectivity index (χ1v) is 9.79. The third-order valence-electron chi connectivity index (χ3n) is 5.55. The summed E-state index contributed by atoms with van der Waals surface area (Å²) in [5.41, 5.74) is 2.85. The largest absolute Gasteiger partial charge is 0.344 e. The molecule has 0 bridgehead atoms. The Labute approximate surface area is 163 Å². The second-order valence-corrected chi connectivity index (χ2v) is 7.59. The Morgan fingerprint density at radius 1 is 1.25 bits per heavy atom. The maximum absolute atomic E-state index is 13.2. The fourth-order valence-electron chi connectivity index (χ4n) is 3.77. The summed E-state index contributed by atoms with van der Waals surface area (Å²) in [6, 6.07) is 1.90. The van der Waals surface area contributed by atoms with Gasteiger partial charge in [-0.15, -0.1) is 0 Å². The van der Waals surface area contributed by atoms with E-state index in [1.165, 1.54) is 0 Å². The minimum atomic E-state index is -2.60. The molecule has 2 aromatic rings. The van der Waals surface area contributed by atoms with Crippen LogP contribution in [-0.2, 0) is 13.5 Å². The van der Waals surface area contributed by atoms with E-state index < -0.39 is 5.92 Å². The highest BCUT2D eigenvalue weighted by molar-refractivity contribution is 6.13. The second kappa shape index (κ2) is 7.11. The fourth-order valence-corrected chi connectivity index (χ4v) is 3.77. The number of rotatable bonds is 4. The molecule has 3 heterocycles. The van der Waals surface area contributed by atoms with Gasteiger partial charge in [-0.25, -0.2) is 18.7 Å². The molecule has 0 spiro atoms. The number of fused-ring (bicyclic) bond motifs is 1. The molecule has 0 amide bonds. The Morgan fingerprint density at radius 2 is 2.04 bits per heavy atom. The van der Waals surface area contributed by atoms with Crippen molar-refractivity contribution in [2.75, 3.05) is 18.0 Å². The summed E-state index contributed by atoms with van der Waals surface area (Å²) < 4.78 is 28.4. The lowest BCUT2D eigenvalue weighted by Crippen LogP contribution is -2.56. The summed E-state index contributed by atoms with van der Waals surface area (Å²) in [5, 5.41) is 2.05. The van der Waals surface area contributed by atoms with Gasteiger partial charge in [-0.05, 0) is 37.0 Å². The summed E-state index contributed by atoms with van der Waals surface area (Å²) in [6.07, 6.45) is 10.5. The minimum absolute atomic E-state index is 0.262. The quantitative estimate of drug-likeness (QED) is 0.813. The van der Waals surface area contributed by atoms with Gasteiger partial charge in [-0.1, -0.05) is 19.9 Å². The number of aryl methyl sites for hydroxylation is 2. The van der Waals surface area contributed by atoms with Crippen molar-refractivity contribution >= 4 is 29.4 Å². The third-order valence-corrected chi connectivity index (χ3v) is 5.55. The summed E-state index contributed by atoms with van der Waals surface area (Å²) >= 11 is 0. The van der Waals surface area contributed by atoms with Crippen LogP contribution in [0.4, 0.5) is 20.3 Å². The molecule has 1 atom stereocenters. The molecule has 148 valence electrons.